The highest BCUT2D eigenvalue weighted by Crippen LogP contribution is 2.28. The molecule has 1 atom stereocenters. The number of rotatable bonds is 9. The summed E-state index contributed by atoms with van der Waals surface area (Å²) in [6, 6.07) is 16.7. The Kier molecular flexibility index (Phi) is 7.65. The van der Waals surface area contributed by atoms with E-state index in [-0.39, 0.29) is 55.4 Å². The molecule has 0 aliphatic carbocycles. The van der Waals surface area contributed by atoms with Crippen molar-refractivity contribution in [3.63, 3.8) is 0 Å². The fourth-order valence-electron chi connectivity index (χ4n) is 4.38. The fraction of sp³-hybridized carbons (Fsp3) is 0.308. The third-order valence-corrected chi connectivity index (χ3v) is 6.31. The van der Waals surface area contributed by atoms with Gasteiger partial charge in [-0.3, -0.25) is 23.9 Å². The largest absolute Gasteiger partial charge is 0.383 e. The van der Waals surface area contributed by atoms with Crippen LogP contribution in [0.1, 0.15) is 24.0 Å². The monoisotopic (exact) mass is 491 g/mol. The number of ether oxygens (including phenoxy) is 1. The molecule has 2 amide bonds. The molecule has 36 heavy (non-hydrogen) atoms. The Hall–Kier alpha value is -4.18. The molecule has 0 saturated carbocycles. The maximum Gasteiger partial charge on any atom is 0.330 e. The molecule has 4 rings (SSSR count). The Bertz CT molecular complexity index is 1370. The lowest BCUT2D eigenvalue weighted by Gasteiger charge is -2.27. The average Bonchev–Trinajstić information content (AvgIpc) is 2.87. The number of fused-ring (bicyclic) bond motifs is 1. The first-order valence-electron chi connectivity index (χ1n) is 11.7. The van der Waals surface area contributed by atoms with E-state index in [1.165, 1.54) is 16.6 Å². The minimum Gasteiger partial charge on any atom is -0.383 e. The molecule has 0 saturated heterocycles. The molecule has 188 valence electrons. The first kappa shape index (κ1) is 24.9. The number of para-hydroxylation sites is 1. The Balaban J connectivity index is 1.62. The van der Waals surface area contributed by atoms with Crippen LogP contribution in [0.15, 0.2) is 64.2 Å². The molecule has 2 aromatic carbocycles. The number of nitrogens with one attached hydrogen (secondary N) is 2. The topological polar surface area (TPSA) is 140 Å². The summed E-state index contributed by atoms with van der Waals surface area (Å²) in [5.74, 6) is -1.01. The summed E-state index contributed by atoms with van der Waals surface area (Å²) in [5.41, 5.74) is 7.32. The zero-order valence-electron chi connectivity index (χ0n) is 20.0. The Morgan fingerprint density at radius 2 is 1.83 bits per heavy atom. The highest BCUT2D eigenvalue weighted by atomic mass is 16.5. The van der Waals surface area contributed by atoms with Gasteiger partial charge < -0.3 is 20.7 Å². The van der Waals surface area contributed by atoms with E-state index in [1.54, 1.807) is 0 Å². The summed E-state index contributed by atoms with van der Waals surface area (Å²) in [5, 5.41) is 2.90. The quantitative estimate of drug-likeness (QED) is 0.418. The number of hydrogen-bond donors (Lipinski definition) is 3. The number of benzene rings is 2. The van der Waals surface area contributed by atoms with Crippen molar-refractivity contribution in [3.05, 3.63) is 86.6 Å². The predicted octanol–water partition coefficient (Wildman–Crippen LogP) is 1.89. The Morgan fingerprint density at radius 3 is 2.58 bits per heavy atom. The second kappa shape index (κ2) is 11.0. The van der Waals surface area contributed by atoms with Crippen LogP contribution in [0.4, 0.5) is 17.2 Å². The molecular weight excluding hydrogens is 462 g/mol. The summed E-state index contributed by atoms with van der Waals surface area (Å²) in [4.78, 5) is 55.0. The molecule has 1 aromatic heterocycles. The lowest BCUT2D eigenvalue weighted by molar-refractivity contribution is -0.121. The van der Waals surface area contributed by atoms with Crippen molar-refractivity contribution in [2.45, 2.75) is 32.4 Å². The van der Waals surface area contributed by atoms with Gasteiger partial charge in [-0.05, 0) is 30.0 Å². The van der Waals surface area contributed by atoms with E-state index in [4.69, 9.17) is 10.5 Å². The number of carbonyl (C=O) groups excluding carboxylic acids is 2. The zero-order valence-corrected chi connectivity index (χ0v) is 20.0. The van der Waals surface area contributed by atoms with Crippen molar-refractivity contribution >= 4 is 29.0 Å². The molecule has 0 spiro atoms. The van der Waals surface area contributed by atoms with Crippen molar-refractivity contribution in [1.82, 2.24) is 9.55 Å². The molecule has 0 fully saturated rings. The maximum absolute atomic E-state index is 13.5. The van der Waals surface area contributed by atoms with Crippen LogP contribution in [0.3, 0.4) is 0 Å². The molecule has 10 nitrogen and oxygen atoms in total. The third-order valence-electron chi connectivity index (χ3n) is 6.31. The second-order valence-electron chi connectivity index (χ2n) is 8.69. The number of nitrogens with two attached hydrogens (primary N) is 1. The van der Waals surface area contributed by atoms with E-state index in [0.717, 1.165) is 16.8 Å². The van der Waals surface area contributed by atoms with Crippen LogP contribution in [0.5, 0.6) is 0 Å². The average molecular weight is 492 g/mol. The summed E-state index contributed by atoms with van der Waals surface area (Å²) in [6.45, 7) is 0.385. The molecule has 1 aliphatic rings. The minimum atomic E-state index is -0.750. The molecule has 1 aliphatic heterocycles. The molecule has 10 heteroatoms. The lowest BCUT2D eigenvalue weighted by Crippen LogP contribution is -2.41. The van der Waals surface area contributed by atoms with Crippen molar-refractivity contribution < 1.29 is 14.3 Å². The molecular formula is C26H29N5O5. The van der Waals surface area contributed by atoms with Gasteiger partial charge in [-0.25, -0.2) is 4.79 Å². The van der Waals surface area contributed by atoms with Gasteiger partial charge >= 0.3 is 5.69 Å². The van der Waals surface area contributed by atoms with E-state index < -0.39 is 11.2 Å². The SMILES string of the molecule is COCCn1c(N)c(N(Cc2ccccc2)C(=O)CCC2Cc3ccccc3NC2=O)c(=O)[nH]c1=O. The van der Waals surface area contributed by atoms with Gasteiger partial charge in [0.25, 0.3) is 5.56 Å². The van der Waals surface area contributed by atoms with Gasteiger partial charge in [0.05, 0.1) is 19.7 Å². The number of nitrogen functional groups attached to an aromatic ring is 1. The fourth-order valence-corrected chi connectivity index (χ4v) is 4.38. The number of H-pyrrole nitrogens is 1. The van der Waals surface area contributed by atoms with Gasteiger partial charge in [0.1, 0.15) is 5.82 Å². The zero-order chi connectivity index (χ0) is 25.7. The summed E-state index contributed by atoms with van der Waals surface area (Å²) < 4.78 is 6.22. The van der Waals surface area contributed by atoms with Crippen molar-refractivity contribution in [2.75, 3.05) is 29.7 Å². The third kappa shape index (κ3) is 5.38. The van der Waals surface area contributed by atoms with Gasteiger partial charge in [-0.1, -0.05) is 48.5 Å². The first-order valence-corrected chi connectivity index (χ1v) is 11.7. The Morgan fingerprint density at radius 1 is 1.11 bits per heavy atom. The van der Waals surface area contributed by atoms with E-state index in [9.17, 15) is 19.2 Å². The minimum absolute atomic E-state index is 0.0170. The number of hydrogen-bond acceptors (Lipinski definition) is 6. The summed E-state index contributed by atoms with van der Waals surface area (Å²) >= 11 is 0. The summed E-state index contributed by atoms with van der Waals surface area (Å²) in [7, 11) is 1.48. The highest BCUT2D eigenvalue weighted by Gasteiger charge is 2.29. The van der Waals surface area contributed by atoms with Crippen LogP contribution >= 0.6 is 0 Å². The van der Waals surface area contributed by atoms with Crippen molar-refractivity contribution in [1.29, 1.82) is 0 Å². The molecule has 0 bridgehead atoms. The number of amides is 2. The van der Waals surface area contributed by atoms with Crippen molar-refractivity contribution in [2.24, 2.45) is 5.92 Å². The number of carbonyl (C=O) groups is 2. The van der Waals surface area contributed by atoms with Gasteiger partial charge in [-0.2, -0.15) is 0 Å². The number of nitrogens with zero attached hydrogens (tertiary/aromatic N) is 2. The molecule has 0 radical (unpaired) electrons. The predicted molar refractivity (Wildman–Crippen MR) is 137 cm³/mol. The molecule has 1 unspecified atom stereocenters. The van der Waals surface area contributed by atoms with Crippen LogP contribution in [-0.2, 0) is 33.8 Å². The van der Waals surface area contributed by atoms with Crippen LogP contribution < -0.4 is 27.2 Å². The first-order chi connectivity index (χ1) is 17.4. The summed E-state index contributed by atoms with van der Waals surface area (Å²) in [6.07, 6.45) is 0.840. The molecule has 2 heterocycles. The number of aromatic amines is 1. The van der Waals surface area contributed by atoms with E-state index >= 15 is 0 Å². The van der Waals surface area contributed by atoms with Gasteiger partial charge in [0, 0.05) is 25.1 Å². The van der Waals surface area contributed by atoms with Crippen LogP contribution in [0, 0.1) is 5.92 Å². The van der Waals surface area contributed by atoms with E-state index in [2.05, 4.69) is 10.3 Å². The van der Waals surface area contributed by atoms with Crippen molar-refractivity contribution in [3.8, 4) is 0 Å². The van der Waals surface area contributed by atoms with Gasteiger partial charge in [0.15, 0.2) is 5.69 Å². The van der Waals surface area contributed by atoms with Gasteiger partial charge in [-0.15, -0.1) is 0 Å². The smallest absolute Gasteiger partial charge is 0.330 e. The molecule has 3 aromatic rings. The van der Waals surface area contributed by atoms with Crippen LogP contribution in [0.2, 0.25) is 0 Å². The maximum atomic E-state index is 13.5. The van der Waals surface area contributed by atoms with Crippen LogP contribution in [0.25, 0.3) is 0 Å². The number of methoxy groups -OCH3 is 1. The normalized spacial score (nSPS) is 14.7. The van der Waals surface area contributed by atoms with Gasteiger partial charge in [0.2, 0.25) is 11.8 Å². The van der Waals surface area contributed by atoms with E-state index in [1.807, 2.05) is 54.6 Å². The standard InChI is InChI=1S/C26H29N5O5/c1-36-14-13-30-23(27)22(25(34)29-26(30)35)31(16-17-7-3-2-4-8-17)21(32)12-11-19-15-18-9-5-6-10-20(18)28-24(19)33/h2-10,19H,11-16,27H2,1H3,(H,28,33)(H,29,34,35). The highest BCUT2D eigenvalue weighted by molar-refractivity contribution is 5.98. The number of aromatic nitrogens is 2. The lowest BCUT2D eigenvalue weighted by atomic mass is 9.89. The second-order valence-corrected chi connectivity index (χ2v) is 8.69. The van der Waals surface area contributed by atoms with Crippen LogP contribution in [-0.4, -0.2) is 35.1 Å². The number of anilines is 3. The Labute approximate surface area is 207 Å². The van der Waals surface area contributed by atoms with E-state index in [0.29, 0.717) is 12.8 Å². The molecule has 4 N–H and O–H groups in total.